The largest absolute Gasteiger partial charge is 0.493 e. The summed E-state index contributed by atoms with van der Waals surface area (Å²) in [5.41, 5.74) is 2.01. The van der Waals surface area contributed by atoms with E-state index in [1.165, 1.54) is 0 Å². The number of hydrogen-bond donors (Lipinski definition) is 2. The van der Waals surface area contributed by atoms with Crippen LogP contribution >= 0.6 is 11.8 Å². The highest BCUT2D eigenvalue weighted by molar-refractivity contribution is 8.00. The monoisotopic (exact) mass is 333 g/mol. The van der Waals surface area contributed by atoms with Gasteiger partial charge in [-0.1, -0.05) is 6.07 Å². The van der Waals surface area contributed by atoms with E-state index in [-0.39, 0.29) is 17.3 Å². The van der Waals surface area contributed by atoms with Crippen LogP contribution in [0.15, 0.2) is 24.4 Å². The second kappa shape index (κ2) is 6.54. The Labute approximate surface area is 138 Å². The molecule has 7 heteroatoms. The molecule has 0 bridgehead atoms. The molecule has 0 saturated heterocycles. The number of nitrogens with zero attached hydrogens (tertiary/aromatic N) is 1. The third-order valence-corrected chi connectivity index (χ3v) is 4.74. The van der Waals surface area contributed by atoms with E-state index in [4.69, 9.17) is 9.47 Å². The minimum Gasteiger partial charge on any atom is -0.493 e. The molecule has 2 aromatic rings. The summed E-state index contributed by atoms with van der Waals surface area (Å²) in [6.07, 6.45) is 1.81. The Hall–Kier alpha value is -2.15. The summed E-state index contributed by atoms with van der Waals surface area (Å²) in [7, 11) is 1.62. The Kier molecular flexibility index (Phi) is 4.47. The lowest BCUT2D eigenvalue weighted by Gasteiger charge is -2.18. The van der Waals surface area contributed by atoms with Gasteiger partial charge < -0.3 is 14.8 Å². The number of aromatic amines is 1. The fourth-order valence-corrected chi connectivity index (χ4v) is 3.58. The number of rotatable bonds is 4. The Bertz CT molecular complexity index is 714. The van der Waals surface area contributed by atoms with Crippen LogP contribution < -0.4 is 14.8 Å². The van der Waals surface area contributed by atoms with Crippen LogP contribution in [0, 0.1) is 0 Å². The number of hydrogen-bond acceptors (Lipinski definition) is 5. The van der Waals surface area contributed by atoms with Gasteiger partial charge in [0, 0.05) is 5.56 Å². The highest BCUT2D eigenvalue weighted by Crippen LogP contribution is 2.43. The summed E-state index contributed by atoms with van der Waals surface area (Å²) in [5.74, 6) is 2.42. The Balaban J connectivity index is 2.00. The van der Waals surface area contributed by atoms with E-state index in [0.29, 0.717) is 23.1 Å². The number of anilines is 1. The van der Waals surface area contributed by atoms with Gasteiger partial charge in [-0.05, 0) is 31.5 Å². The van der Waals surface area contributed by atoms with E-state index in [9.17, 15) is 4.79 Å². The van der Waals surface area contributed by atoms with Crippen LogP contribution in [0.25, 0.3) is 0 Å². The first kappa shape index (κ1) is 15.7. The summed E-state index contributed by atoms with van der Waals surface area (Å²) in [6, 6.07) is 5.87. The molecule has 1 atom stereocenters. The Morgan fingerprint density at radius 3 is 2.91 bits per heavy atom. The lowest BCUT2D eigenvalue weighted by molar-refractivity contribution is -0.113. The molecule has 1 unspecified atom stereocenters. The van der Waals surface area contributed by atoms with E-state index in [2.05, 4.69) is 15.5 Å². The maximum absolute atomic E-state index is 11.8. The predicted molar refractivity (Wildman–Crippen MR) is 90.3 cm³/mol. The molecule has 6 nitrogen and oxygen atoms in total. The molecule has 122 valence electrons. The standard InChI is InChI=1S/C16H19N3O3S/c1-9(2)22-13-6-10(4-5-12(13)21-3)15-11-7-17-19-16(11)18-14(20)8-23-15/h4-7,9,15H,8H2,1-3H3,(H2,17,18,19,20). The molecule has 1 aromatic carbocycles. The van der Waals surface area contributed by atoms with Crippen LogP contribution in [-0.4, -0.2) is 35.1 Å². The van der Waals surface area contributed by atoms with Gasteiger partial charge in [0.25, 0.3) is 0 Å². The SMILES string of the molecule is COc1ccc(C2SCC(=O)Nc3[nH]ncc32)cc1OC(C)C. The third kappa shape index (κ3) is 3.29. The molecular formula is C16H19N3O3S. The van der Waals surface area contributed by atoms with E-state index < -0.39 is 0 Å². The number of benzene rings is 1. The van der Waals surface area contributed by atoms with Crippen LogP contribution in [0.2, 0.25) is 0 Å². The highest BCUT2D eigenvalue weighted by atomic mass is 32.2. The molecule has 1 aromatic heterocycles. The number of amides is 1. The molecule has 0 spiro atoms. The summed E-state index contributed by atoms with van der Waals surface area (Å²) >= 11 is 1.57. The van der Waals surface area contributed by atoms with Crippen LogP contribution in [0.3, 0.4) is 0 Å². The maximum atomic E-state index is 11.8. The van der Waals surface area contributed by atoms with Gasteiger partial charge in [0.15, 0.2) is 11.5 Å². The van der Waals surface area contributed by atoms with E-state index in [0.717, 1.165) is 11.1 Å². The van der Waals surface area contributed by atoms with Crippen LogP contribution in [0.4, 0.5) is 5.82 Å². The van der Waals surface area contributed by atoms with Crippen molar-refractivity contribution in [3.05, 3.63) is 35.5 Å². The molecule has 0 saturated carbocycles. The molecule has 0 aliphatic carbocycles. The molecule has 1 aliphatic rings. The molecule has 3 rings (SSSR count). The topological polar surface area (TPSA) is 76.2 Å². The quantitative estimate of drug-likeness (QED) is 0.899. The van der Waals surface area contributed by atoms with Crippen molar-refractivity contribution < 1.29 is 14.3 Å². The number of nitrogens with one attached hydrogen (secondary N) is 2. The lowest BCUT2D eigenvalue weighted by atomic mass is 10.1. The van der Waals surface area contributed by atoms with Crippen molar-refractivity contribution in [2.75, 3.05) is 18.2 Å². The highest BCUT2D eigenvalue weighted by Gasteiger charge is 2.26. The minimum atomic E-state index is -0.0323. The number of thioether (sulfide) groups is 1. The van der Waals surface area contributed by atoms with Crippen LogP contribution in [0.5, 0.6) is 11.5 Å². The average molecular weight is 333 g/mol. The molecule has 2 N–H and O–H groups in total. The smallest absolute Gasteiger partial charge is 0.235 e. The van der Waals surface area contributed by atoms with Crippen LogP contribution in [-0.2, 0) is 4.79 Å². The average Bonchev–Trinajstić information content (AvgIpc) is 2.89. The van der Waals surface area contributed by atoms with Gasteiger partial charge in [0.1, 0.15) is 5.82 Å². The third-order valence-electron chi connectivity index (χ3n) is 3.45. The molecule has 23 heavy (non-hydrogen) atoms. The number of fused-ring (bicyclic) bond motifs is 1. The summed E-state index contributed by atoms with van der Waals surface area (Å²) in [5, 5.41) is 9.74. The first-order valence-electron chi connectivity index (χ1n) is 7.37. The second-order valence-corrected chi connectivity index (χ2v) is 6.61. The summed E-state index contributed by atoms with van der Waals surface area (Å²) in [4.78, 5) is 11.8. The van der Waals surface area contributed by atoms with Crippen molar-refractivity contribution in [2.45, 2.75) is 25.2 Å². The number of carbonyl (C=O) groups excluding carboxylic acids is 1. The molecule has 0 fully saturated rings. The Morgan fingerprint density at radius 2 is 2.17 bits per heavy atom. The summed E-state index contributed by atoms with van der Waals surface area (Å²) < 4.78 is 11.2. The number of methoxy groups -OCH3 is 1. The van der Waals surface area contributed by atoms with Gasteiger partial charge in [0.2, 0.25) is 5.91 Å². The van der Waals surface area contributed by atoms with Crippen molar-refractivity contribution in [3.63, 3.8) is 0 Å². The fourth-order valence-electron chi connectivity index (χ4n) is 2.50. The van der Waals surface area contributed by atoms with Gasteiger partial charge in [0.05, 0.1) is 30.4 Å². The first-order valence-corrected chi connectivity index (χ1v) is 8.42. The molecule has 1 amide bonds. The fraction of sp³-hybridized carbons (Fsp3) is 0.375. The number of ether oxygens (including phenoxy) is 2. The van der Waals surface area contributed by atoms with Crippen molar-refractivity contribution in [2.24, 2.45) is 0 Å². The van der Waals surface area contributed by atoms with E-state index >= 15 is 0 Å². The van der Waals surface area contributed by atoms with Crippen molar-refractivity contribution in [1.82, 2.24) is 10.2 Å². The number of carbonyl (C=O) groups is 1. The van der Waals surface area contributed by atoms with E-state index in [1.54, 1.807) is 25.1 Å². The second-order valence-electron chi connectivity index (χ2n) is 5.52. The molecule has 0 radical (unpaired) electrons. The zero-order valence-corrected chi connectivity index (χ0v) is 14.1. The van der Waals surface area contributed by atoms with Gasteiger partial charge in [-0.2, -0.15) is 5.10 Å². The van der Waals surface area contributed by atoms with Crippen molar-refractivity contribution >= 4 is 23.5 Å². The van der Waals surface area contributed by atoms with E-state index in [1.807, 2.05) is 32.0 Å². The molecule has 1 aliphatic heterocycles. The van der Waals surface area contributed by atoms with Crippen LogP contribution in [0.1, 0.15) is 30.2 Å². The van der Waals surface area contributed by atoms with Crippen molar-refractivity contribution in [3.8, 4) is 11.5 Å². The minimum absolute atomic E-state index is 0.00289. The predicted octanol–water partition coefficient (Wildman–Crippen LogP) is 2.98. The Morgan fingerprint density at radius 1 is 1.35 bits per heavy atom. The van der Waals surface area contributed by atoms with Gasteiger partial charge in [-0.3, -0.25) is 9.89 Å². The molecule has 2 heterocycles. The lowest BCUT2D eigenvalue weighted by Crippen LogP contribution is -2.12. The maximum Gasteiger partial charge on any atom is 0.235 e. The van der Waals surface area contributed by atoms with Crippen molar-refractivity contribution in [1.29, 1.82) is 0 Å². The summed E-state index contributed by atoms with van der Waals surface area (Å²) in [6.45, 7) is 3.95. The van der Waals surface area contributed by atoms with Gasteiger partial charge in [-0.15, -0.1) is 11.8 Å². The normalized spacial score (nSPS) is 17.4. The zero-order valence-electron chi connectivity index (χ0n) is 13.3. The van der Waals surface area contributed by atoms with Gasteiger partial charge >= 0.3 is 0 Å². The molecular weight excluding hydrogens is 314 g/mol. The zero-order chi connectivity index (χ0) is 16.4. The number of aromatic nitrogens is 2. The van der Waals surface area contributed by atoms with Gasteiger partial charge in [-0.25, -0.2) is 0 Å². The number of H-pyrrole nitrogens is 1. The first-order chi connectivity index (χ1) is 11.1.